The molecule has 2 aromatic rings. The van der Waals surface area contributed by atoms with Crippen LogP contribution >= 0.6 is 27.3 Å². The molecule has 0 saturated heterocycles. The summed E-state index contributed by atoms with van der Waals surface area (Å²) in [6.45, 7) is 5.32. The summed E-state index contributed by atoms with van der Waals surface area (Å²) in [5, 5.41) is 2.91. The zero-order valence-electron chi connectivity index (χ0n) is 10.6. The number of carbonyl (C=O) groups is 1. The standard InChI is InChI=1S/C12H12BrFN2O2S/c1-12(2,3)18-11(17)16-10-15-9-7(13)4-6(14)5-8(9)19-10/h4-5H,1-3H3,(H,15,16,17). The average Bonchev–Trinajstić information content (AvgIpc) is 2.56. The van der Waals surface area contributed by atoms with E-state index in [1.54, 1.807) is 20.8 Å². The van der Waals surface area contributed by atoms with Crippen molar-refractivity contribution in [1.29, 1.82) is 0 Å². The van der Waals surface area contributed by atoms with Crippen molar-refractivity contribution in [3.05, 3.63) is 22.4 Å². The van der Waals surface area contributed by atoms with E-state index in [0.29, 0.717) is 19.8 Å². The Balaban J connectivity index is 2.23. The van der Waals surface area contributed by atoms with E-state index in [4.69, 9.17) is 4.74 Å². The number of benzene rings is 1. The quantitative estimate of drug-likeness (QED) is 0.824. The normalized spacial score (nSPS) is 11.6. The molecule has 0 bridgehead atoms. The molecule has 19 heavy (non-hydrogen) atoms. The van der Waals surface area contributed by atoms with Crippen molar-refractivity contribution in [2.45, 2.75) is 26.4 Å². The first-order valence-corrected chi connectivity index (χ1v) is 7.11. The number of carbonyl (C=O) groups excluding carboxylic acids is 1. The highest BCUT2D eigenvalue weighted by atomic mass is 79.9. The number of nitrogens with one attached hydrogen (secondary N) is 1. The van der Waals surface area contributed by atoms with Crippen molar-refractivity contribution in [3.8, 4) is 0 Å². The SMILES string of the molecule is CC(C)(C)OC(=O)Nc1nc2c(Br)cc(F)cc2s1. The minimum absolute atomic E-state index is 0.355. The summed E-state index contributed by atoms with van der Waals surface area (Å²) in [4.78, 5) is 15.8. The van der Waals surface area contributed by atoms with Gasteiger partial charge in [0.1, 0.15) is 11.4 Å². The zero-order valence-corrected chi connectivity index (χ0v) is 13.0. The van der Waals surface area contributed by atoms with E-state index in [1.807, 2.05) is 0 Å². The lowest BCUT2D eigenvalue weighted by Gasteiger charge is -2.18. The van der Waals surface area contributed by atoms with Crippen molar-refractivity contribution in [2.75, 3.05) is 5.32 Å². The fraction of sp³-hybridized carbons (Fsp3) is 0.333. The topological polar surface area (TPSA) is 51.2 Å². The van der Waals surface area contributed by atoms with Crippen LogP contribution in [0, 0.1) is 5.82 Å². The first kappa shape index (κ1) is 14.2. The second kappa shape index (κ2) is 5.05. The highest BCUT2D eigenvalue weighted by Crippen LogP contribution is 2.32. The molecule has 1 amide bonds. The number of nitrogens with zero attached hydrogens (tertiary/aromatic N) is 1. The molecule has 0 aliphatic heterocycles. The van der Waals surface area contributed by atoms with E-state index >= 15 is 0 Å². The van der Waals surface area contributed by atoms with Gasteiger partial charge in [-0.15, -0.1) is 0 Å². The van der Waals surface area contributed by atoms with Crippen LogP contribution in [0.15, 0.2) is 16.6 Å². The van der Waals surface area contributed by atoms with Gasteiger partial charge in [-0.2, -0.15) is 0 Å². The number of hydrogen-bond acceptors (Lipinski definition) is 4. The molecule has 1 aromatic carbocycles. The maximum absolute atomic E-state index is 13.2. The van der Waals surface area contributed by atoms with Gasteiger partial charge in [0.2, 0.25) is 0 Å². The summed E-state index contributed by atoms with van der Waals surface area (Å²) in [7, 11) is 0. The predicted molar refractivity (Wildman–Crippen MR) is 77.1 cm³/mol. The molecule has 1 N–H and O–H groups in total. The Morgan fingerprint density at radius 2 is 2.16 bits per heavy atom. The van der Waals surface area contributed by atoms with Crippen LogP contribution in [0.5, 0.6) is 0 Å². The van der Waals surface area contributed by atoms with Gasteiger partial charge in [-0.05, 0) is 48.8 Å². The molecule has 1 aromatic heterocycles. The fourth-order valence-corrected chi connectivity index (χ4v) is 2.96. The van der Waals surface area contributed by atoms with Crippen LogP contribution in [0.4, 0.5) is 14.3 Å². The van der Waals surface area contributed by atoms with E-state index in [9.17, 15) is 9.18 Å². The molecule has 0 aliphatic rings. The molecule has 2 rings (SSSR count). The van der Waals surface area contributed by atoms with Crippen molar-refractivity contribution in [1.82, 2.24) is 4.98 Å². The number of anilines is 1. The molecule has 4 nitrogen and oxygen atoms in total. The molecule has 1 heterocycles. The monoisotopic (exact) mass is 346 g/mol. The molecule has 0 saturated carbocycles. The lowest BCUT2D eigenvalue weighted by Crippen LogP contribution is -2.27. The Morgan fingerprint density at radius 3 is 2.79 bits per heavy atom. The van der Waals surface area contributed by atoms with Crippen molar-refractivity contribution < 1.29 is 13.9 Å². The van der Waals surface area contributed by atoms with Gasteiger partial charge in [-0.1, -0.05) is 11.3 Å². The van der Waals surface area contributed by atoms with Crippen LogP contribution in [0.25, 0.3) is 10.2 Å². The van der Waals surface area contributed by atoms with Gasteiger partial charge < -0.3 is 4.74 Å². The fourth-order valence-electron chi connectivity index (χ4n) is 1.40. The summed E-state index contributed by atoms with van der Waals surface area (Å²) < 4.78 is 19.6. The minimum Gasteiger partial charge on any atom is -0.444 e. The number of thiazole rings is 1. The van der Waals surface area contributed by atoms with E-state index in [1.165, 1.54) is 23.5 Å². The third-order valence-corrected chi connectivity index (χ3v) is 3.54. The Morgan fingerprint density at radius 1 is 1.47 bits per heavy atom. The Hall–Kier alpha value is -1.21. The minimum atomic E-state index is -0.580. The van der Waals surface area contributed by atoms with E-state index < -0.39 is 11.7 Å². The van der Waals surface area contributed by atoms with Gasteiger partial charge >= 0.3 is 6.09 Å². The van der Waals surface area contributed by atoms with E-state index in [-0.39, 0.29) is 5.82 Å². The molecular formula is C12H12BrFN2O2S. The molecule has 0 unspecified atom stereocenters. The molecule has 0 aliphatic carbocycles. The molecule has 7 heteroatoms. The van der Waals surface area contributed by atoms with Gasteiger partial charge in [-0.25, -0.2) is 14.2 Å². The lowest BCUT2D eigenvalue weighted by atomic mass is 10.2. The Bertz CT molecular complexity index is 636. The lowest BCUT2D eigenvalue weighted by molar-refractivity contribution is 0.0636. The van der Waals surface area contributed by atoms with E-state index in [0.717, 1.165) is 0 Å². The number of aromatic nitrogens is 1. The molecule has 102 valence electrons. The number of amides is 1. The molecular weight excluding hydrogens is 335 g/mol. The number of halogens is 2. The number of ether oxygens (including phenoxy) is 1. The van der Waals surface area contributed by atoms with Gasteiger partial charge in [0.15, 0.2) is 5.13 Å². The second-order valence-electron chi connectivity index (χ2n) is 4.88. The van der Waals surface area contributed by atoms with Gasteiger partial charge in [-0.3, -0.25) is 5.32 Å². The average molecular weight is 347 g/mol. The zero-order chi connectivity index (χ0) is 14.2. The van der Waals surface area contributed by atoms with Crippen LogP contribution < -0.4 is 5.32 Å². The van der Waals surface area contributed by atoms with Crippen LogP contribution in [0.1, 0.15) is 20.8 Å². The summed E-state index contributed by atoms with van der Waals surface area (Å²) >= 11 is 4.42. The highest BCUT2D eigenvalue weighted by molar-refractivity contribution is 9.10. The van der Waals surface area contributed by atoms with Crippen LogP contribution in [0.2, 0.25) is 0 Å². The summed E-state index contributed by atoms with van der Waals surface area (Å²) in [5.41, 5.74) is 0.0328. The van der Waals surface area contributed by atoms with Gasteiger partial charge in [0.05, 0.1) is 10.2 Å². The Kier molecular flexibility index (Phi) is 3.78. The number of rotatable bonds is 1. The largest absolute Gasteiger partial charge is 0.444 e. The Labute approximate surface area is 122 Å². The van der Waals surface area contributed by atoms with Crippen molar-refractivity contribution in [2.24, 2.45) is 0 Å². The molecule has 0 atom stereocenters. The smallest absolute Gasteiger partial charge is 0.413 e. The van der Waals surface area contributed by atoms with Crippen LogP contribution in [-0.2, 0) is 4.74 Å². The van der Waals surface area contributed by atoms with Crippen LogP contribution in [0.3, 0.4) is 0 Å². The predicted octanol–water partition coefficient (Wildman–Crippen LogP) is 4.54. The van der Waals surface area contributed by atoms with Crippen LogP contribution in [-0.4, -0.2) is 16.7 Å². The van der Waals surface area contributed by atoms with Gasteiger partial charge in [0.25, 0.3) is 0 Å². The van der Waals surface area contributed by atoms with E-state index in [2.05, 4.69) is 26.2 Å². The maximum atomic E-state index is 13.2. The first-order valence-electron chi connectivity index (χ1n) is 5.50. The third-order valence-electron chi connectivity index (χ3n) is 2.02. The maximum Gasteiger partial charge on any atom is 0.413 e. The van der Waals surface area contributed by atoms with Crippen molar-refractivity contribution in [3.63, 3.8) is 0 Å². The number of hydrogen-bond donors (Lipinski definition) is 1. The van der Waals surface area contributed by atoms with Gasteiger partial charge in [0, 0.05) is 4.47 Å². The summed E-state index contributed by atoms with van der Waals surface area (Å²) in [6, 6.07) is 2.71. The molecule has 0 spiro atoms. The number of fused-ring (bicyclic) bond motifs is 1. The van der Waals surface area contributed by atoms with Crippen molar-refractivity contribution >= 4 is 48.7 Å². The summed E-state index contributed by atoms with van der Waals surface area (Å²) in [5.74, 6) is -0.355. The third kappa shape index (κ3) is 3.63. The first-order chi connectivity index (χ1) is 8.74. The molecule has 0 fully saturated rings. The second-order valence-corrected chi connectivity index (χ2v) is 6.77. The molecule has 0 radical (unpaired) electrons. The summed E-state index contributed by atoms with van der Waals surface area (Å²) in [6.07, 6.45) is -0.580. The highest BCUT2D eigenvalue weighted by Gasteiger charge is 2.18.